The molecule has 0 aliphatic rings. The van der Waals surface area contributed by atoms with E-state index in [0.29, 0.717) is 6.07 Å². The van der Waals surface area contributed by atoms with E-state index in [0.717, 1.165) is 6.07 Å². The third-order valence-corrected chi connectivity index (χ3v) is 2.47. The lowest BCUT2D eigenvalue weighted by molar-refractivity contribution is -0.137. The Kier molecular flexibility index (Phi) is 5.55. The molecule has 1 rings (SSSR count). The molecule has 9 heteroatoms. The maximum absolute atomic E-state index is 12.6. The van der Waals surface area contributed by atoms with Crippen LogP contribution in [0.15, 0.2) is 23.3 Å². The van der Waals surface area contributed by atoms with Crippen LogP contribution >= 0.6 is 11.6 Å². The summed E-state index contributed by atoms with van der Waals surface area (Å²) in [6.07, 6.45) is -4.63. The highest BCUT2D eigenvalue weighted by molar-refractivity contribution is 6.43. The van der Waals surface area contributed by atoms with Gasteiger partial charge in [-0.25, -0.2) is 4.79 Å². The number of halogens is 4. The number of anilines is 1. The molecule has 0 saturated carbocycles. The molecule has 0 saturated heterocycles. The van der Waals surface area contributed by atoms with Crippen LogP contribution in [0, 0.1) is 11.3 Å². The normalized spacial score (nSPS) is 11.7. The molecule has 1 aromatic carbocycles. The summed E-state index contributed by atoms with van der Waals surface area (Å²) >= 11 is 5.45. The van der Waals surface area contributed by atoms with E-state index < -0.39 is 28.4 Å². The second-order valence-corrected chi connectivity index (χ2v) is 4.00. The van der Waals surface area contributed by atoms with Crippen molar-refractivity contribution in [2.75, 3.05) is 12.0 Å². The molecule has 0 radical (unpaired) electrons. The summed E-state index contributed by atoms with van der Waals surface area (Å²) in [5, 5.41) is 11.6. The van der Waals surface area contributed by atoms with Crippen LogP contribution in [0.3, 0.4) is 0 Å². The quantitative estimate of drug-likeness (QED) is 0.525. The van der Waals surface area contributed by atoms with Gasteiger partial charge in [-0.2, -0.15) is 23.5 Å². The van der Waals surface area contributed by atoms with Crippen molar-refractivity contribution in [2.45, 2.75) is 13.1 Å². The molecule has 112 valence electrons. The van der Waals surface area contributed by atoms with Gasteiger partial charge in [0.2, 0.25) is 5.71 Å². The van der Waals surface area contributed by atoms with E-state index in [1.54, 1.807) is 0 Å². The van der Waals surface area contributed by atoms with Gasteiger partial charge in [-0.3, -0.25) is 5.43 Å². The average Bonchev–Trinajstić information content (AvgIpc) is 2.40. The number of carbonyl (C=O) groups excluding carboxylic acids is 1. The molecular weight excluding hydrogens is 311 g/mol. The number of ether oxygens (including phenoxy) is 1. The predicted octanol–water partition coefficient (Wildman–Crippen LogP) is 3.21. The van der Waals surface area contributed by atoms with Crippen LogP contribution in [0.2, 0.25) is 5.02 Å². The predicted molar refractivity (Wildman–Crippen MR) is 69.8 cm³/mol. The lowest BCUT2D eigenvalue weighted by atomic mass is 10.2. The summed E-state index contributed by atoms with van der Waals surface area (Å²) in [4.78, 5) is 11.3. The van der Waals surface area contributed by atoms with Gasteiger partial charge < -0.3 is 4.74 Å². The van der Waals surface area contributed by atoms with Crippen LogP contribution in [-0.4, -0.2) is 18.3 Å². The smallest absolute Gasteiger partial charge is 0.417 e. The second kappa shape index (κ2) is 6.95. The lowest BCUT2D eigenvalue weighted by Crippen LogP contribution is -2.17. The number of nitrogens with zero attached hydrogens (tertiary/aromatic N) is 2. The Morgan fingerprint density at radius 3 is 2.71 bits per heavy atom. The zero-order valence-corrected chi connectivity index (χ0v) is 11.4. The number of hydrazone groups is 1. The van der Waals surface area contributed by atoms with Gasteiger partial charge in [-0.1, -0.05) is 11.6 Å². The van der Waals surface area contributed by atoms with Gasteiger partial charge in [0.05, 0.1) is 22.9 Å². The van der Waals surface area contributed by atoms with Crippen molar-refractivity contribution in [3.05, 3.63) is 28.8 Å². The van der Waals surface area contributed by atoms with Gasteiger partial charge in [0.25, 0.3) is 0 Å². The third-order valence-electron chi connectivity index (χ3n) is 2.14. The number of alkyl halides is 3. The Bertz CT molecular complexity index is 609. The monoisotopic (exact) mass is 319 g/mol. The van der Waals surface area contributed by atoms with Crippen LogP contribution in [0.5, 0.6) is 0 Å². The summed E-state index contributed by atoms with van der Waals surface area (Å²) in [6.45, 7) is 1.58. The van der Waals surface area contributed by atoms with E-state index in [1.807, 2.05) is 0 Å². The Morgan fingerprint density at radius 1 is 1.52 bits per heavy atom. The molecule has 0 heterocycles. The fourth-order valence-electron chi connectivity index (χ4n) is 1.25. The number of rotatable bonds is 4. The zero-order chi connectivity index (χ0) is 16.0. The van der Waals surface area contributed by atoms with Gasteiger partial charge >= 0.3 is 12.1 Å². The molecule has 0 spiro atoms. The van der Waals surface area contributed by atoms with Crippen molar-refractivity contribution in [1.82, 2.24) is 0 Å². The number of benzene rings is 1. The summed E-state index contributed by atoms with van der Waals surface area (Å²) in [5.74, 6) is -0.975. The van der Waals surface area contributed by atoms with Gasteiger partial charge in [0, 0.05) is 0 Å². The van der Waals surface area contributed by atoms with Crippen molar-refractivity contribution in [1.29, 1.82) is 5.26 Å². The lowest BCUT2D eigenvalue weighted by Gasteiger charge is -2.10. The minimum Gasteiger partial charge on any atom is -0.461 e. The zero-order valence-electron chi connectivity index (χ0n) is 10.7. The number of nitriles is 1. The topological polar surface area (TPSA) is 74.5 Å². The van der Waals surface area contributed by atoms with E-state index in [9.17, 15) is 18.0 Å². The van der Waals surface area contributed by atoms with Crippen molar-refractivity contribution in [2.24, 2.45) is 5.10 Å². The molecule has 0 bridgehead atoms. The van der Waals surface area contributed by atoms with Gasteiger partial charge in [-0.05, 0) is 25.1 Å². The molecule has 0 atom stereocenters. The molecule has 0 unspecified atom stereocenters. The largest absolute Gasteiger partial charge is 0.461 e. The fourth-order valence-corrected chi connectivity index (χ4v) is 1.47. The number of hydrogen-bond acceptors (Lipinski definition) is 5. The molecule has 0 aromatic heterocycles. The van der Waals surface area contributed by atoms with Gasteiger partial charge in [-0.15, -0.1) is 0 Å². The number of esters is 1. The molecule has 1 N–H and O–H groups in total. The Hall–Kier alpha value is -2.27. The van der Waals surface area contributed by atoms with Gasteiger partial charge in [0.1, 0.15) is 6.07 Å². The maximum Gasteiger partial charge on any atom is 0.417 e. The molecule has 0 aliphatic carbocycles. The first-order valence-electron chi connectivity index (χ1n) is 5.57. The minimum atomic E-state index is -4.63. The highest BCUT2D eigenvalue weighted by Crippen LogP contribution is 2.36. The maximum atomic E-state index is 12.6. The first-order valence-corrected chi connectivity index (χ1v) is 5.95. The number of nitrogens with one attached hydrogen (secondary N) is 1. The molecular formula is C12H9ClF3N3O2. The van der Waals surface area contributed by atoms with Crippen LogP contribution in [0.1, 0.15) is 12.5 Å². The fraction of sp³-hybridized carbons (Fsp3) is 0.250. The standard InChI is InChI=1S/C12H9ClF3N3O2/c1-2-21-11(20)10(6-17)19-18-7-3-4-9(13)8(5-7)12(14,15)16/h3-5,18H,2H2,1H3/b19-10+. The molecule has 21 heavy (non-hydrogen) atoms. The number of hydrogen-bond donors (Lipinski definition) is 1. The molecule has 0 aliphatic heterocycles. The van der Waals surface area contributed by atoms with Crippen molar-refractivity contribution in [3.63, 3.8) is 0 Å². The Labute approximate surface area is 123 Å². The summed E-state index contributed by atoms with van der Waals surface area (Å²) in [7, 11) is 0. The molecule has 5 nitrogen and oxygen atoms in total. The first kappa shape index (κ1) is 16.8. The highest BCUT2D eigenvalue weighted by Gasteiger charge is 2.33. The van der Waals surface area contributed by atoms with Crippen molar-refractivity contribution < 1.29 is 22.7 Å². The van der Waals surface area contributed by atoms with Crippen molar-refractivity contribution >= 4 is 29.0 Å². The van der Waals surface area contributed by atoms with Crippen LogP contribution in [-0.2, 0) is 15.7 Å². The summed E-state index contributed by atoms with van der Waals surface area (Å²) in [5.41, 5.74) is 0.434. The van der Waals surface area contributed by atoms with E-state index in [4.69, 9.17) is 16.9 Å². The Morgan fingerprint density at radius 2 is 2.19 bits per heavy atom. The van der Waals surface area contributed by atoms with Gasteiger partial charge in [0.15, 0.2) is 0 Å². The summed E-state index contributed by atoms with van der Waals surface area (Å²) < 4.78 is 42.5. The molecule has 0 amide bonds. The highest BCUT2D eigenvalue weighted by atomic mass is 35.5. The van der Waals surface area contributed by atoms with Crippen molar-refractivity contribution in [3.8, 4) is 6.07 Å². The number of carbonyl (C=O) groups is 1. The first-order chi connectivity index (χ1) is 9.79. The SMILES string of the molecule is CCOC(=O)/C(C#N)=N/Nc1ccc(Cl)c(C(F)(F)F)c1. The second-order valence-electron chi connectivity index (χ2n) is 3.60. The van der Waals surface area contributed by atoms with Crippen LogP contribution in [0.25, 0.3) is 0 Å². The van der Waals surface area contributed by atoms with Crippen LogP contribution in [0.4, 0.5) is 18.9 Å². The van der Waals surface area contributed by atoms with E-state index in [1.165, 1.54) is 19.1 Å². The van der Waals surface area contributed by atoms with Crippen LogP contribution < -0.4 is 5.43 Å². The molecule has 1 aromatic rings. The average molecular weight is 320 g/mol. The van der Waals surface area contributed by atoms with E-state index in [2.05, 4.69) is 15.3 Å². The van der Waals surface area contributed by atoms with E-state index >= 15 is 0 Å². The van der Waals surface area contributed by atoms with E-state index in [-0.39, 0.29) is 12.3 Å². The summed E-state index contributed by atoms with van der Waals surface area (Å²) in [6, 6.07) is 4.44. The minimum absolute atomic E-state index is 0.0404. The third kappa shape index (κ3) is 4.65. The Balaban J connectivity index is 2.99. The molecule has 0 fully saturated rings.